The molecule has 1 aliphatic heterocycles. The van der Waals surface area contributed by atoms with E-state index < -0.39 is 5.97 Å². The molecule has 4 aromatic carbocycles. The first-order valence-corrected chi connectivity index (χ1v) is 14.0. The van der Waals surface area contributed by atoms with Crippen molar-refractivity contribution in [2.45, 2.75) is 26.3 Å². The number of aromatic amines is 1. The molecule has 0 saturated heterocycles. The standard InChI is InChI=1S/C35H34N2O3/c1-24-22-37(23-25-10-3-2-4-11-25)20-19-27(24)29-15-8-16-30-31(34(35(38)39)36-33(29)30)17-9-21-40-32-18-7-13-26-12-5-6-14-28(26)32/h2-8,10-16,18-19,24,36H,9,17,20-23H2,1H3,(H,38,39). The number of fused-ring (bicyclic) bond motifs is 2. The monoisotopic (exact) mass is 530 g/mol. The predicted molar refractivity (Wildman–Crippen MR) is 162 cm³/mol. The van der Waals surface area contributed by atoms with E-state index in [9.17, 15) is 9.90 Å². The summed E-state index contributed by atoms with van der Waals surface area (Å²) < 4.78 is 6.14. The van der Waals surface area contributed by atoms with Crippen molar-refractivity contribution in [1.29, 1.82) is 0 Å². The number of carboxylic acid groups (broad SMARTS) is 1. The minimum atomic E-state index is -0.924. The Bertz CT molecular complexity index is 1680. The summed E-state index contributed by atoms with van der Waals surface area (Å²) in [5, 5.41) is 13.3. The van der Waals surface area contributed by atoms with Crippen molar-refractivity contribution in [3.63, 3.8) is 0 Å². The van der Waals surface area contributed by atoms with Gasteiger partial charge in [0.05, 0.1) is 12.1 Å². The summed E-state index contributed by atoms with van der Waals surface area (Å²) in [4.78, 5) is 18.0. The largest absolute Gasteiger partial charge is 0.493 e. The maximum atomic E-state index is 12.3. The van der Waals surface area contributed by atoms with Crippen LogP contribution in [0, 0.1) is 5.92 Å². The average molecular weight is 531 g/mol. The summed E-state index contributed by atoms with van der Waals surface area (Å²) in [6.07, 6.45) is 3.65. The summed E-state index contributed by atoms with van der Waals surface area (Å²) in [6, 6.07) is 31.0. The average Bonchev–Trinajstić information content (AvgIpc) is 3.35. The molecule has 202 valence electrons. The Balaban J connectivity index is 1.21. The number of aryl methyl sites for hydroxylation is 1. The van der Waals surface area contributed by atoms with Crippen molar-refractivity contribution in [2.24, 2.45) is 5.92 Å². The Hall–Kier alpha value is -4.35. The van der Waals surface area contributed by atoms with E-state index >= 15 is 0 Å². The quantitative estimate of drug-likeness (QED) is 0.193. The lowest BCUT2D eigenvalue weighted by molar-refractivity contribution is 0.0690. The molecule has 5 heteroatoms. The molecule has 1 aromatic heterocycles. The van der Waals surface area contributed by atoms with Crippen LogP contribution < -0.4 is 4.74 Å². The molecule has 1 aliphatic rings. The van der Waals surface area contributed by atoms with Crippen LogP contribution in [0.4, 0.5) is 0 Å². The second-order valence-corrected chi connectivity index (χ2v) is 10.7. The van der Waals surface area contributed by atoms with Gasteiger partial charge in [-0.25, -0.2) is 4.79 Å². The highest BCUT2D eigenvalue weighted by Gasteiger charge is 2.24. The number of rotatable bonds is 9. The van der Waals surface area contributed by atoms with Crippen LogP contribution in [0.5, 0.6) is 5.75 Å². The third-order valence-electron chi connectivity index (χ3n) is 7.93. The molecule has 0 spiro atoms. The van der Waals surface area contributed by atoms with Crippen molar-refractivity contribution < 1.29 is 14.6 Å². The van der Waals surface area contributed by atoms with Crippen molar-refractivity contribution in [1.82, 2.24) is 9.88 Å². The second-order valence-electron chi connectivity index (χ2n) is 10.7. The first-order valence-electron chi connectivity index (χ1n) is 14.0. The van der Waals surface area contributed by atoms with E-state index in [-0.39, 0.29) is 5.69 Å². The van der Waals surface area contributed by atoms with Crippen molar-refractivity contribution in [3.8, 4) is 5.75 Å². The number of para-hydroxylation sites is 1. The molecule has 5 aromatic rings. The fraction of sp³-hybridized carbons (Fsp3) is 0.229. The molecule has 0 radical (unpaired) electrons. The third kappa shape index (κ3) is 5.25. The van der Waals surface area contributed by atoms with E-state index in [4.69, 9.17) is 4.74 Å². The number of nitrogens with zero attached hydrogens (tertiary/aromatic N) is 1. The molecular weight excluding hydrogens is 496 g/mol. The van der Waals surface area contributed by atoms with Crippen LogP contribution in [0.3, 0.4) is 0 Å². The third-order valence-corrected chi connectivity index (χ3v) is 7.93. The molecule has 0 fully saturated rings. The van der Waals surface area contributed by atoms with Crippen LogP contribution >= 0.6 is 0 Å². The van der Waals surface area contributed by atoms with Crippen LogP contribution in [0.2, 0.25) is 0 Å². The second kappa shape index (κ2) is 11.4. The first-order chi connectivity index (χ1) is 19.6. The lowest BCUT2D eigenvalue weighted by Crippen LogP contribution is -2.32. The highest BCUT2D eigenvalue weighted by atomic mass is 16.5. The van der Waals surface area contributed by atoms with E-state index in [0.717, 1.165) is 58.2 Å². The first kappa shape index (κ1) is 25.9. The number of hydrogen-bond acceptors (Lipinski definition) is 3. The maximum absolute atomic E-state index is 12.3. The van der Waals surface area contributed by atoms with Crippen LogP contribution in [0.15, 0.2) is 97.1 Å². The molecule has 1 unspecified atom stereocenters. The molecule has 0 bridgehead atoms. The Kier molecular flexibility index (Phi) is 7.39. The number of hydrogen-bond donors (Lipinski definition) is 2. The van der Waals surface area contributed by atoms with Crippen molar-refractivity contribution in [3.05, 3.63) is 119 Å². The molecular formula is C35H34N2O3. The zero-order valence-electron chi connectivity index (χ0n) is 22.8. The minimum absolute atomic E-state index is 0.280. The molecule has 5 nitrogen and oxygen atoms in total. The van der Waals surface area contributed by atoms with Gasteiger partial charge in [-0.3, -0.25) is 4.90 Å². The molecule has 2 N–H and O–H groups in total. The zero-order valence-corrected chi connectivity index (χ0v) is 22.8. The van der Waals surface area contributed by atoms with Gasteiger partial charge in [0.25, 0.3) is 0 Å². The van der Waals surface area contributed by atoms with Gasteiger partial charge in [0.1, 0.15) is 11.4 Å². The van der Waals surface area contributed by atoms with E-state index in [0.29, 0.717) is 25.4 Å². The number of carbonyl (C=O) groups is 1. The Morgan fingerprint density at radius 3 is 2.52 bits per heavy atom. The van der Waals surface area contributed by atoms with Crippen molar-refractivity contribution in [2.75, 3.05) is 19.7 Å². The number of aromatic nitrogens is 1. The topological polar surface area (TPSA) is 65.6 Å². The summed E-state index contributed by atoms with van der Waals surface area (Å²) in [7, 11) is 0. The lowest BCUT2D eigenvalue weighted by Gasteiger charge is -2.31. The van der Waals surface area contributed by atoms with Gasteiger partial charge in [0.2, 0.25) is 0 Å². The van der Waals surface area contributed by atoms with E-state index in [1.165, 1.54) is 11.1 Å². The summed E-state index contributed by atoms with van der Waals surface area (Å²) in [5.74, 6) is 0.265. The fourth-order valence-electron chi connectivity index (χ4n) is 6.04. The maximum Gasteiger partial charge on any atom is 0.352 e. The number of H-pyrrole nitrogens is 1. The number of ether oxygens (including phenoxy) is 1. The normalized spacial score (nSPS) is 15.8. The Labute approximate surface area is 234 Å². The van der Waals surface area contributed by atoms with Gasteiger partial charge in [-0.15, -0.1) is 0 Å². The Morgan fingerprint density at radius 1 is 0.950 bits per heavy atom. The van der Waals surface area contributed by atoms with Gasteiger partial charge in [-0.1, -0.05) is 97.9 Å². The number of aromatic carboxylic acids is 1. The number of nitrogens with one attached hydrogen (secondary N) is 1. The van der Waals surface area contributed by atoms with Gasteiger partial charge in [0, 0.05) is 36.0 Å². The highest BCUT2D eigenvalue weighted by molar-refractivity contribution is 6.01. The summed E-state index contributed by atoms with van der Waals surface area (Å²) in [5.41, 5.74) is 5.74. The highest BCUT2D eigenvalue weighted by Crippen LogP contribution is 2.35. The molecule has 0 saturated carbocycles. The zero-order chi connectivity index (χ0) is 27.5. The number of benzene rings is 4. The molecule has 0 aliphatic carbocycles. The minimum Gasteiger partial charge on any atom is -0.493 e. The summed E-state index contributed by atoms with van der Waals surface area (Å²) in [6.45, 7) is 5.53. The smallest absolute Gasteiger partial charge is 0.352 e. The predicted octanol–water partition coefficient (Wildman–Crippen LogP) is 7.57. The molecule has 1 atom stereocenters. The van der Waals surface area contributed by atoms with Gasteiger partial charge >= 0.3 is 5.97 Å². The van der Waals surface area contributed by atoms with Crippen molar-refractivity contribution >= 4 is 33.2 Å². The molecule has 0 amide bonds. The van der Waals surface area contributed by atoms with E-state index in [1.807, 2.05) is 30.3 Å². The van der Waals surface area contributed by atoms with E-state index in [2.05, 4.69) is 83.5 Å². The van der Waals surface area contributed by atoms with Crippen LogP contribution in [-0.2, 0) is 13.0 Å². The van der Waals surface area contributed by atoms with Crippen LogP contribution in [0.25, 0.3) is 27.2 Å². The fourth-order valence-corrected chi connectivity index (χ4v) is 6.04. The molecule has 6 rings (SSSR count). The SMILES string of the molecule is CC1CN(Cc2ccccc2)CC=C1c1cccc2c(CCCOc3cccc4ccccc34)c(C(=O)O)[nH]c12. The van der Waals surface area contributed by atoms with Gasteiger partial charge < -0.3 is 14.8 Å². The van der Waals surface area contributed by atoms with Gasteiger partial charge in [-0.2, -0.15) is 0 Å². The lowest BCUT2D eigenvalue weighted by atomic mass is 9.89. The van der Waals surface area contributed by atoms with Crippen LogP contribution in [-0.4, -0.2) is 40.7 Å². The van der Waals surface area contributed by atoms with Crippen LogP contribution in [0.1, 0.15) is 40.5 Å². The Morgan fingerprint density at radius 2 is 1.70 bits per heavy atom. The van der Waals surface area contributed by atoms with E-state index in [1.54, 1.807) is 0 Å². The number of carboxylic acids is 1. The molecule has 2 heterocycles. The van der Waals surface area contributed by atoms with Gasteiger partial charge in [-0.05, 0) is 46.9 Å². The summed E-state index contributed by atoms with van der Waals surface area (Å²) >= 11 is 0. The van der Waals surface area contributed by atoms with Gasteiger partial charge in [0.15, 0.2) is 0 Å². The molecule has 40 heavy (non-hydrogen) atoms.